The molecule has 1 unspecified atom stereocenters. The second-order valence-electron chi connectivity index (χ2n) is 6.54. The fourth-order valence-electron chi connectivity index (χ4n) is 3.09. The van der Waals surface area contributed by atoms with Crippen molar-refractivity contribution in [2.45, 2.75) is 25.8 Å². The highest BCUT2D eigenvalue weighted by molar-refractivity contribution is 8.26. The number of rotatable bonds is 8. The number of hydrogen-bond acceptors (Lipinski definition) is 8. The van der Waals surface area contributed by atoms with Crippen LogP contribution in [0.15, 0.2) is 39.7 Å². The molecule has 162 valence electrons. The normalized spacial score (nSPS) is 16.1. The number of ether oxygens (including phenoxy) is 1. The van der Waals surface area contributed by atoms with Crippen LogP contribution in [0.4, 0.5) is 5.69 Å². The van der Waals surface area contributed by atoms with E-state index in [1.54, 1.807) is 18.2 Å². The number of aliphatic carboxylic acids is 1. The summed E-state index contributed by atoms with van der Waals surface area (Å²) in [5.41, 5.74) is 0.0716. The van der Waals surface area contributed by atoms with Crippen molar-refractivity contribution in [1.29, 1.82) is 0 Å². The van der Waals surface area contributed by atoms with E-state index in [1.165, 1.54) is 25.3 Å². The number of furan rings is 1. The lowest BCUT2D eigenvalue weighted by Crippen LogP contribution is -2.43. The molecule has 1 aromatic heterocycles. The fraction of sp³-hybridized carbons (Fsp3) is 0.250. The SMILES string of the molecule is CCCC(C(=O)O)N1C(=O)C(=Cc2ccc(-c3ccc(OC)cc3[N+](=O)[O-])o2)SC1=S. The molecule has 1 amide bonds. The molecule has 1 atom stereocenters. The summed E-state index contributed by atoms with van der Waals surface area (Å²) in [6.07, 6.45) is 2.30. The largest absolute Gasteiger partial charge is 0.497 e. The van der Waals surface area contributed by atoms with Gasteiger partial charge in [-0.2, -0.15) is 0 Å². The number of nitro benzene ring substituents is 1. The van der Waals surface area contributed by atoms with Crippen LogP contribution in [0.2, 0.25) is 0 Å². The van der Waals surface area contributed by atoms with Gasteiger partial charge in [0.05, 0.1) is 28.6 Å². The van der Waals surface area contributed by atoms with Gasteiger partial charge in [-0.15, -0.1) is 0 Å². The summed E-state index contributed by atoms with van der Waals surface area (Å²) >= 11 is 6.21. The van der Waals surface area contributed by atoms with Gasteiger partial charge in [-0.05, 0) is 30.7 Å². The molecule has 2 aromatic rings. The molecule has 1 aliphatic heterocycles. The molecule has 9 nitrogen and oxygen atoms in total. The zero-order valence-corrected chi connectivity index (χ0v) is 18.2. The molecule has 1 aromatic carbocycles. The van der Waals surface area contributed by atoms with Crippen LogP contribution in [0.1, 0.15) is 25.5 Å². The van der Waals surface area contributed by atoms with Crippen molar-refractivity contribution in [3.63, 3.8) is 0 Å². The van der Waals surface area contributed by atoms with Crippen LogP contribution < -0.4 is 4.74 Å². The number of methoxy groups -OCH3 is 1. The zero-order chi connectivity index (χ0) is 22.7. The smallest absolute Gasteiger partial charge is 0.326 e. The minimum absolute atomic E-state index is 0.162. The number of nitro groups is 1. The van der Waals surface area contributed by atoms with E-state index in [9.17, 15) is 24.8 Å². The standard InChI is InChI=1S/C20H18N2O7S2/c1-3-4-14(19(24)25)21-18(23)17(31-20(21)30)10-12-6-8-16(29-12)13-7-5-11(28-2)9-15(13)22(26)27/h5-10,14H,3-4H2,1-2H3,(H,24,25). The predicted molar refractivity (Wildman–Crippen MR) is 119 cm³/mol. The molecule has 11 heteroatoms. The quantitative estimate of drug-likeness (QED) is 0.264. The van der Waals surface area contributed by atoms with Crippen LogP contribution in [0.5, 0.6) is 5.75 Å². The third kappa shape index (κ3) is 4.62. The number of nitrogens with zero attached hydrogens (tertiary/aromatic N) is 2. The summed E-state index contributed by atoms with van der Waals surface area (Å²) in [5, 5.41) is 20.9. The van der Waals surface area contributed by atoms with Crippen molar-refractivity contribution in [2.24, 2.45) is 0 Å². The van der Waals surface area contributed by atoms with Crippen LogP contribution in [0, 0.1) is 10.1 Å². The van der Waals surface area contributed by atoms with E-state index in [4.69, 9.17) is 21.4 Å². The lowest BCUT2D eigenvalue weighted by atomic mass is 10.1. The van der Waals surface area contributed by atoms with E-state index in [0.717, 1.165) is 16.7 Å². The first-order valence-corrected chi connectivity index (χ1v) is 10.4. The number of carboxylic acid groups (broad SMARTS) is 1. The van der Waals surface area contributed by atoms with E-state index in [2.05, 4.69) is 0 Å². The lowest BCUT2D eigenvalue weighted by Gasteiger charge is -2.22. The highest BCUT2D eigenvalue weighted by Gasteiger charge is 2.40. The fourth-order valence-corrected chi connectivity index (χ4v) is 4.42. The van der Waals surface area contributed by atoms with Gasteiger partial charge < -0.3 is 14.3 Å². The van der Waals surface area contributed by atoms with E-state index >= 15 is 0 Å². The Hall–Kier alpha value is -3.18. The van der Waals surface area contributed by atoms with Crippen LogP contribution in [-0.4, -0.2) is 44.3 Å². The van der Waals surface area contributed by atoms with Crippen molar-refractivity contribution < 1.29 is 28.8 Å². The maximum atomic E-state index is 12.8. The van der Waals surface area contributed by atoms with E-state index < -0.39 is 22.8 Å². The maximum Gasteiger partial charge on any atom is 0.326 e. The summed E-state index contributed by atoms with van der Waals surface area (Å²) in [6.45, 7) is 1.83. The van der Waals surface area contributed by atoms with Crippen LogP contribution in [0.25, 0.3) is 17.4 Å². The second-order valence-corrected chi connectivity index (χ2v) is 8.21. The molecule has 1 saturated heterocycles. The third-order valence-electron chi connectivity index (χ3n) is 4.55. The number of thioether (sulfide) groups is 1. The molecule has 31 heavy (non-hydrogen) atoms. The van der Waals surface area contributed by atoms with Gasteiger partial charge in [-0.1, -0.05) is 37.3 Å². The number of carboxylic acids is 1. The van der Waals surface area contributed by atoms with Crippen molar-refractivity contribution >= 4 is 51.9 Å². The van der Waals surface area contributed by atoms with Gasteiger partial charge in [0.25, 0.3) is 11.6 Å². The summed E-state index contributed by atoms with van der Waals surface area (Å²) < 4.78 is 10.9. The Morgan fingerprint density at radius 3 is 2.77 bits per heavy atom. The first-order chi connectivity index (χ1) is 14.8. The van der Waals surface area contributed by atoms with Crippen LogP contribution >= 0.6 is 24.0 Å². The summed E-state index contributed by atoms with van der Waals surface area (Å²) in [7, 11) is 1.41. The molecule has 0 radical (unpaired) electrons. The predicted octanol–water partition coefficient (Wildman–Crippen LogP) is 4.32. The van der Waals surface area contributed by atoms with Gasteiger partial charge in [0, 0.05) is 6.08 Å². The minimum Gasteiger partial charge on any atom is -0.497 e. The molecule has 1 fully saturated rings. The molecule has 0 saturated carbocycles. The van der Waals surface area contributed by atoms with Gasteiger partial charge in [0.1, 0.15) is 27.6 Å². The topological polar surface area (TPSA) is 123 Å². The Morgan fingerprint density at radius 1 is 1.42 bits per heavy atom. The van der Waals surface area contributed by atoms with Crippen molar-refractivity contribution in [3.05, 3.63) is 51.1 Å². The van der Waals surface area contributed by atoms with Crippen molar-refractivity contribution in [2.75, 3.05) is 7.11 Å². The Balaban J connectivity index is 1.91. The van der Waals surface area contributed by atoms with E-state index in [0.29, 0.717) is 12.2 Å². The molecule has 0 spiro atoms. The highest BCUT2D eigenvalue weighted by atomic mass is 32.2. The van der Waals surface area contributed by atoms with Gasteiger partial charge in [-0.25, -0.2) is 4.79 Å². The number of carbonyl (C=O) groups is 2. The average molecular weight is 463 g/mol. The Bertz CT molecular complexity index is 1090. The highest BCUT2D eigenvalue weighted by Crippen LogP contribution is 2.37. The molecule has 3 rings (SSSR count). The molecule has 0 aliphatic carbocycles. The van der Waals surface area contributed by atoms with Gasteiger partial charge in [0.15, 0.2) is 0 Å². The third-order valence-corrected chi connectivity index (χ3v) is 5.88. The molecule has 2 heterocycles. The Kier molecular flexibility index (Phi) is 6.76. The summed E-state index contributed by atoms with van der Waals surface area (Å²) in [6, 6.07) is 6.48. The average Bonchev–Trinajstić information content (AvgIpc) is 3.30. The van der Waals surface area contributed by atoms with Crippen LogP contribution in [-0.2, 0) is 9.59 Å². The number of hydrogen-bond donors (Lipinski definition) is 1. The molecular weight excluding hydrogens is 444 g/mol. The molecular formula is C20H18N2O7S2. The maximum absolute atomic E-state index is 12.8. The van der Waals surface area contributed by atoms with Crippen molar-refractivity contribution in [3.8, 4) is 17.1 Å². The van der Waals surface area contributed by atoms with Gasteiger partial charge in [0.2, 0.25) is 0 Å². The van der Waals surface area contributed by atoms with E-state index in [-0.39, 0.29) is 38.4 Å². The Morgan fingerprint density at radius 2 is 2.16 bits per heavy atom. The van der Waals surface area contributed by atoms with Crippen LogP contribution in [0.3, 0.4) is 0 Å². The Labute approximate surface area is 186 Å². The number of carbonyl (C=O) groups excluding carboxylic acids is 1. The van der Waals surface area contributed by atoms with Crippen molar-refractivity contribution in [1.82, 2.24) is 4.90 Å². The first-order valence-electron chi connectivity index (χ1n) is 9.19. The second kappa shape index (κ2) is 9.31. The number of amides is 1. The number of benzene rings is 1. The summed E-state index contributed by atoms with van der Waals surface area (Å²) in [5.74, 6) is -0.768. The molecule has 1 aliphatic rings. The summed E-state index contributed by atoms with van der Waals surface area (Å²) in [4.78, 5) is 36.5. The van der Waals surface area contributed by atoms with E-state index in [1.807, 2.05) is 6.92 Å². The zero-order valence-electron chi connectivity index (χ0n) is 16.6. The lowest BCUT2D eigenvalue weighted by molar-refractivity contribution is -0.384. The number of thiocarbonyl (C=S) groups is 1. The monoisotopic (exact) mass is 462 g/mol. The first kappa shape index (κ1) is 22.5. The van der Waals surface area contributed by atoms with Gasteiger partial charge >= 0.3 is 5.97 Å². The molecule has 1 N–H and O–H groups in total. The molecule has 0 bridgehead atoms. The minimum atomic E-state index is -1.12. The van der Waals surface area contributed by atoms with Gasteiger partial charge in [-0.3, -0.25) is 19.8 Å².